The molecule has 0 radical (unpaired) electrons. The lowest BCUT2D eigenvalue weighted by Crippen LogP contribution is -2.61. The maximum Gasteiger partial charge on any atom is 0.327 e. The molecule has 178 valence electrons. The van der Waals surface area contributed by atoms with E-state index < -0.39 is 60.1 Å². The summed E-state index contributed by atoms with van der Waals surface area (Å²) in [6.45, 7) is 2.55. The van der Waals surface area contributed by atoms with Gasteiger partial charge >= 0.3 is 5.97 Å². The van der Waals surface area contributed by atoms with Crippen LogP contribution in [0.1, 0.15) is 19.4 Å². The fourth-order valence-corrected chi connectivity index (χ4v) is 2.90. The molecular weight excluding hydrogens is 440 g/mol. The lowest BCUT2D eigenvalue weighted by Gasteiger charge is -2.26. The second-order valence-corrected chi connectivity index (χ2v) is 7.69. The number of hydrogen-bond acceptors (Lipinski definition) is 8. The monoisotopic (exact) mass is 470 g/mol. The Labute approximate surface area is 191 Å². The topological polar surface area (TPSA) is 191 Å². The van der Waals surface area contributed by atoms with Gasteiger partial charge in [0, 0.05) is 12.2 Å². The van der Waals surface area contributed by atoms with Crippen molar-refractivity contribution in [1.82, 2.24) is 16.0 Å². The minimum Gasteiger partial charge on any atom is -0.480 e. The minimum atomic E-state index is -1.47. The molecular formula is C20H30N4O7S. The highest BCUT2D eigenvalue weighted by Gasteiger charge is 2.33. The third kappa shape index (κ3) is 8.46. The van der Waals surface area contributed by atoms with Crippen molar-refractivity contribution >= 4 is 36.3 Å². The smallest absolute Gasteiger partial charge is 0.327 e. The third-order valence-corrected chi connectivity index (χ3v) is 4.96. The van der Waals surface area contributed by atoms with Gasteiger partial charge in [0.2, 0.25) is 17.7 Å². The van der Waals surface area contributed by atoms with Gasteiger partial charge in [0.15, 0.2) is 0 Å². The maximum atomic E-state index is 12.8. The lowest BCUT2D eigenvalue weighted by atomic mass is 10.0. The number of aliphatic hydroxyl groups is 2. The number of rotatable bonds is 12. The van der Waals surface area contributed by atoms with Crippen LogP contribution in [0, 0.1) is 0 Å². The zero-order valence-electron chi connectivity index (χ0n) is 17.8. The largest absolute Gasteiger partial charge is 0.480 e. The van der Waals surface area contributed by atoms with Crippen LogP contribution in [0.25, 0.3) is 0 Å². The Bertz CT molecular complexity index is 791. The van der Waals surface area contributed by atoms with Crippen molar-refractivity contribution in [2.24, 2.45) is 5.73 Å². The summed E-state index contributed by atoms with van der Waals surface area (Å²) in [6.07, 6.45) is -2.53. The molecule has 1 aromatic carbocycles. The first-order valence-corrected chi connectivity index (χ1v) is 10.5. The number of nitrogens with two attached hydrogens (primary N) is 1. The summed E-state index contributed by atoms with van der Waals surface area (Å²) in [7, 11) is 0. The van der Waals surface area contributed by atoms with Crippen LogP contribution in [0.15, 0.2) is 30.3 Å². The molecule has 6 atom stereocenters. The first-order valence-electron chi connectivity index (χ1n) is 9.88. The van der Waals surface area contributed by atoms with Crippen molar-refractivity contribution in [2.45, 2.75) is 56.6 Å². The van der Waals surface area contributed by atoms with Crippen LogP contribution < -0.4 is 21.7 Å². The molecule has 0 spiro atoms. The first kappa shape index (κ1) is 27.4. The number of thiol groups is 1. The first-order chi connectivity index (χ1) is 15.0. The Morgan fingerprint density at radius 2 is 1.47 bits per heavy atom. The third-order valence-electron chi connectivity index (χ3n) is 4.60. The molecule has 0 heterocycles. The number of carboxylic acid groups (broad SMARTS) is 1. The van der Waals surface area contributed by atoms with E-state index in [1.807, 2.05) is 0 Å². The van der Waals surface area contributed by atoms with Gasteiger partial charge in [-0.05, 0) is 19.4 Å². The van der Waals surface area contributed by atoms with Gasteiger partial charge in [-0.3, -0.25) is 14.4 Å². The van der Waals surface area contributed by atoms with Crippen molar-refractivity contribution < 1.29 is 34.5 Å². The summed E-state index contributed by atoms with van der Waals surface area (Å²) in [5.41, 5.74) is 6.24. The van der Waals surface area contributed by atoms with Crippen molar-refractivity contribution in [3.63, 3.8) is 0 Å². The van der Waals surface area contributed by atoms with E-state index in [2.05, 4.69) is 28.6 Å². The minimum absolute atomic E-state index is 0.0188. The highest BCUT2D eigenvalue weighted by molar-refractivity contribution is 7.80. The van der Waals surface area contributed by atoms with Crippen LogP contribution >= 0.6 is 12.6 Å². The van der Waals surface area contributed by atoms with Crippen LogP contribution in [0.5, 0.6) is 0 Å². The molecule has 3 amide bonds. The number of nitrogens with one attached hydrogen (secondary N) is 3. The van der Waals surface area contributed by atoms with E-state index in [4.69, 9.17) is 10.8 Å². The Kier molecular flexibility index (Phi) is 11.1. The van der Waals surface area contributed by atoms with Gasteiger partial charge in [-0.2, -0.15) is 12.6 Å². The molecule has 11 nitrogen and oxygen atoms in total. The molecule has 0 bridgehead atoms. The number of aliphatic hydroxyl groups excluding tert-OH is 2. The van der Waals surface area contributed by atoms with E-state index in [9.17, 15) is 29.4 Å². The number of amides is 3. The van der Waals surface area contributed by atoms with Gasteiger partial charge in [0.25, 0.3) is 0 Å². The van der Waals surface area contributed by atoms with Gasteiger partial charge in [-0.15, -0.1) is 0 Å². The van der Waals surface area contributed by atoms with Gasteiger partial charge < -0.3 is 37.0 Å². The molecule has 1 rings (SSSR count). The summed E-state index contributed by atoms with van der Waals surface area (Å²) >= 11 is 3.90. The summed E-state index contributed by atoms with van der Waals surface area (Å²) in [5, 5.41) is 35.6. The van der Waals surface area contributed by atoms with Crippen molar-refractivity contribution in [3.05, 3.63) is 35.9 Å². The number of carboxylic acids is 1. The molecule has 0 aromatic heterocycles. The highest BCUT2D eigenvalue weighted by Crippen LogP contribution is 2.06. The average Bonchev–Trinajstić information content (AvgIpc) is 2.74. The highest BCUT2D eigenvalue weighted by atomic mass is 32.1. The zero-order chi connectivity index (χ0) is 24.4. The summed E-state index contributed by atoms with van der Waals surface area (Å²) in [4.78, 5) is 48.9. The summed E-state index contributed by atoms with van der Waals surface area (Å²) in [5.74, 6) is -4.00. The normalized spacial score (nSPS) is 16.6. The van der Waals surface area contributed by atoms with Crippen LogP contribution in [-0.2, 0) is 25.6 Å². The van der Waals surface area contributed by atoms with Gasteiger partial charge in [0.1, 0.15) is 24.2 Å². The SMILES string of the molecule is CC(O)C(N)C(=O)NC(C(=O)NC(Cc1ccccc1)C(=O)NC(CS)C(=O)O)C(C)O. The predicted octanol–water partition coefficient (Wildman–Crippen LogP) is -2.21. The molecule has 6 unspecified atom stereocenters. The second-order valence-electron chi connectivity index (χ2n) is 7.33. The second kappa shape index (κ2) is 13.0. The quantitative estimate of drug-likeness (QED) is 0.158. The van der Waals surface area contributed by atoms with Crippen molar-refractivity contribution in [3.8, 4) is 0 Å². The van der Waals surface area contributed by atoms with E-state index >= 15 is 0 Å². The molecule has 0 fully saturated rings. The molecule has 1 aromatic rings. The molecule has 8 N–H and O–H groups in total. The van der Waals surface area contributed by atoms with E-state index in [1.165, 1.54) is 13.8 Å². The van der Waals surface area contributed by atoms with Gasteiger partial charge in [-0.25, -0.2) is 4.79 Å². The average molecular weight is 471 g/mol. The fourth-order valence-electron chi connectivity index (χ4n) is 2.65. The van der Waals surface area contributed by atoms with E-state index in [-0.39, 0.29) is 12.2 Å². The number of carbonyl (C=O) groups is 4. The van der Waals surface area contributed by atoms with E-state index in [0.29, 0.717) is 5.56 Å². The standard InChI is InChI=1S/C20H30N4O7S/c1-10(25)15(21)18(28)24-16(11(2)26)19(29)22-13(8-12-6-4-3-5-7-12)17(27)23-14(9-32)20(30)31/h3-7,10-11,13-16,25-26,32H,8-9,21H2,1-2H3,(H,22,29)(H,23,27)(H,24,28)(H,30,31). The van der Waals surface area contributed by atoms with Crippen LogP contribution in [0.2, 0.25) is 0 Å². The molecule has 0 saturated carbocycles. The molecule has 0 saturated heterocycles. The molecule has 0 aliphatic heterocycles. The molecule has 0 aliphatic carbocycles. The number of hydrogen-bond donors (Lipinski definition) is 8. The number of benzene rings is 1. The molecule has 32 heavy (non-hydrogen) atoms. The predicted molar refractivity (Wildman–Crippen MR) is 119 cm³/mol. The molecule has 12 heteroatoms. The number of aliphatic carboxylic acids is 1. The Morgan fingerprint density at radius 3 is 1.94 bits per heavy atom. The van der Waals surface area contributed by atoms with E-state index in [0.717, 1.165) is 0 Å². The Hall–Kier alpha value is -2.67. The summed E-state index contributed by atoms with van der Waals surface area (Å²) in [6, 6.07) is 3.37. The molecule has 0 aliphatic rings. The number of carbonyl (C=O) groups excluding carboxylic acids is 3. The van der Waals surface area contributed by atoms with Gasteiger partial charge in [-0.1, -0.05) is 30.3 Å². The maximum absolute atomic E-state index is 12.8. The Balaban J connectivity index is 3.06. The lowest BCUT2D eigenvalue weighted by molar-refractivity contribution is -0.141. The zero-order valence-corrected chi connectivity index (χ0v) is 18.7. The van der Waals surface area contributed by atoms with Crippen LogP contribution in [0.3, 0.4) is 0 Å². The fraction of sp³-hybridized carbons (Fsp3) is 0.500. The van der Waals surface area contributed by atoms with Crippen molar-refractivity contribution in [2.75, 3.05) is 5.75 Å². The van der Waals surface area contributed by atoms with E-state index in [1.54, 1.807) is 30.3 Å². The van der Waals surface area contributed by atoms with Crippen LogP contribution in [0.4, 0.5) is 0 Å². The van der Waals surface area contributed by atoms with Crippen molar-refractivity contribution in [1.29, 1.82) is 0 Å². The van der Waals surface area contributed by atoms with Gasteiger partial charge in [0.05, 0.1) is 12.2 Å². The Morgan fingerprint density at radius 1 is 0.906 bits per heavy atom. The van der Waals surface area contributed by atoms with Crippen LogP contribution in [-0.4, -0.2) is 81.1 Å². The summed E-state index contributed by atoms with van der Waals surface area (Å²) < 4.78 is 0.